The minimum atomic E-state index is -4.04. The van der Waals surface area contributed by atoms with Crippen molar-refractivity contribution in [2.45, 2.75) is 4.90 Å². The fraction of sp³-hybridized carbons (Fsp3) is 0.118. The third-order valence-corrected chi connectivity index (χ3v) is 4.36. The van der Waals surface area contributed by atoms with E-state index in [1.165, 1.54) is 25.3 Å². The Hall–Kier alpha value is -2.64. The van der Waals surface area contributed by atoms with Crippen LogP contribution in [0.25, 0.3) is 6.08 Å². The number of benzene rings is 2. The summed E-state index contributed by atoms with van der Waals surface area (Å²) in [5, 5.41) is 0.669. The lowest BCUT2D eigenvalue weighted by Gasteiger charge is -2.14. The normalized spacial score (nSPS) is 11.4. The smallest absolute Gasteiger partial charge is 0.317 e. The van der Waals surface area contributed by atoms with Crippen molar-refractivity contribution in [3.8, 4) is 5.75 Å². The van der Waals surface area contributed by atoms with Crippen molar-refractivity contribution in [1.82, 2.24) is 5.06 Å². The van der Waals surface area contributed by atoms with E-state index in [1.54, 1.807) is 55.7 Å². The number of methoxy groups -OCH3 is 1. The van der Waals surface area contributed by atoms with Gasteiger partial charge in [0.05, 0.1) is 12.0 Å². The molecule has 2 aromatic rings. The molecule has 1 amide bonds. The molecule has 0 saturated heterocycles. The molecule has 2 aromatic carbocycles. The molecule has 0 fully saturated rings. The van der Waals surface area contributed by atoms with Gasteiger partial charge >= 0.3 is 10.1 Å². The standard InChI is InChI=1S/C17H17NO5S/c1-18(23-24(20,21)16-6-4-3-5-7-16)17(19)13-10-14-8-11-15(22-2)12-9-14/h3-13H,1-2H3/b13-10+. The highest BCUT2D eigenvalue weighted by atomic mass is 32.2. The summed E-state index contributed by atoms with van der Waals surface area (Å²) < 4.78 is 33.9. The second-order valence-electron chi connectivity index (χ2n) is 4.78. The van der Waals surface area contributed by atoms with Gasteiger partial charge in [0.15, 0.2) is 0 Å². The van der Waals surface area contributed by atoms with Crippen molar-refractivity contribution < 1.29 is 22.2 Å². The van der Waals surface area contributed by atoms with Crippen LogP contribution < -0.4 is 4.74 Å². The van der Waals surface area contributed by atoms with E-state index < -0.39 is 16.0 Å². The summed E-state index contributed by atoms with van der Waals surface area (Å²) in [6, 6.07) is 14.7. The summed E-state index contributed by atoms with van der Waals surface area (Å²) >= 11 is 0. The van der Waals surface area contributed by atoms with E-state index in [2.05, 4.69) is 0 Å². The molecule has 0 aliphatic rings. The molecule has 2 rings (SSSR count). The number of hydrogen-bond acceptors (Lipinski definition) is 5. The fourth-order valence-electron chi connectivity index (χ4n) is 1.80. The van der Waals surface area contributed by atoms with Gasteiger partial charge in [-0.15, -0.1) is 4.28 Å². The lowest BCUT2D eigenvalue weighted by molar-refractivity contribution is -0.145. The molecule has 6 nitrogen and oxygen atoms in total. The van der Waals surface area contributed by atoms with Crippen LogP contribution in [0.3, 0.4) is 0 Å². The van der Waals surface area contributed by atoms with Gasteiger partial charge in [-0.1, -0.05) is 30.3 Å². The molecule has 24 heavy (non-hydrogen) atoms. The quantitative estimate of drug-likeness (QED) is 0.593. The monoisotopic (exact) mass is 347 g/mol. The predicted molar refractivity (Wildman–Crippen MR) is 89.5 cm³/mol. The molecule has 0 heterocycles. The molecule has 0 aliphatic carbocycles. The van der Waals surface area contributed by atoms with Crippen molar-refractivity contribution in [3.63, 3.8) is 0 Å². The van der Waals surface area contributed by atoms with Crippen LogP contribution in [0.5, 0.6) is 5.75 Å². The Labute approximate surface area is 141 Å². The summed E-state index contributed by atoms with van der Waals surface area (Å²) in [4.78, 5) is 11.9. The maximum atomic E-state index is 12.0. The molecular formula is C17H17NO5S. The first kappa shape index (κ1) is 17.7. The highest BCUT2D eigenvalue weighted by Crippen LogP contribution is 2.14. The SMILES string of the molecule is COc1ccc(/C=C/C(=O)N(C)OS(=O)(=O)c2ccccc2)cc1. The zero-order chi connectivity index (χ0) is 17.6. The molecule has 0 spiro atoms. The van der Waals surface area contributed by atoms with E-state index in [-0.39, 0.29) is 4.90 Å². The molecule has 126 valence electrons. The molecule has 0 bridgehead atoms. The molecule has 0 N–H and O–H groups in total. The average Bonchev–Trinajstić information content (AvgIpc) is 2.60. The van der Waals surface area contributed by atoms with Gasteiger partial charge in [-0.05, 0) is 35.9 Å². The van der Waals surface area contributed by atoms with Gasteiger partial charge in [0.2, 0.25) is 0 Å². The number of carbonyl (C=O) groups is 1. The van der Waals surface area contributed by atoms with Crippen LogP contribution in [0.15, 0.2) is 65.6 Å². The first-order valence-corrected chi connectivity index (χ1v) is 8.42. The summed E-state index contributed by atoms with van der Waals surface area (Å²) in [5.41, 5.74) is 0.767. The van der Waals surface area contributed by atoms with Crippen molar-refractivity contribution in [3.05, 3.63) is 66.2 Å². The molecule has 7 heteroatoms. The van der Waals surface area contributed by atoms with Crippen LogP contribution in [0.1, 0.15) is 5.56 Å². The Morgan fingerprint density at radius 3 is 2.25 bits per heavy atom. The number of amides is 1. The highest BCUT2D eigenvalue weighted by Gasteiger charge is 2.20. The second kappa shape index (κ2) is 7.76. The maximum absolute atomic E-state index is 12.0. The van der Waals surface area contributed by atoms with E-state index in [0.717, 1.165) is 5.56 Å². The number of nitrogens with zero attached hydrogens (tertiary/aromatic N) is 1. The molecule has 0 aliphatic heterocycles. The first-order chi connectivity index (χ1) is 11.4. The molecule has 0 radical (unpaired) electrons. The summed E-state index contributed by atoms with van der Waals surface area (Å²) in [7, 11) is -1.24. The molecule has 0 unspecified atom stereocenters. The minimum absolute atomic E-state index is 0.0243. The van der Waals surface area contributed by atoms with Gasteiger partial charge < -0.3 is 4.74 Å². The Morgan fingerprint density at radius 1 is 1.04 bits per heavy atom. The number of hydrogen-bond donors (Lipinski definition) is 0. The highest BCUT2D eigenvalue weighted by molar-refractivity contribution is 7.86. The Morgan fingerprint density at radius 2 is 1.67 bits per heavy atom. The number of ether oxygens (including phenoxy) is 1. The number of carbonyl (C=O) groups excluding carboxylic acids is 1. The molecular weight excluding hydrogens is 330 g/mol. The van der Waals surface area contributed by atoms with Gasteiger partial charge in [0, 0.05) is 13.1 Å². The lowest BCUT2D eigenvalue weighted by atomic mass is 10.2. The number of hydroxylamine groups is 2. The van der Waals surface area contributed by atoms with Crippen LogP contribution in [-0.4, -0.2) is 33.5 Å². The van der Waals surface area contributed by atoms with Crippen molar-refractivity contribution >= 4 is 22.1 Å². The van der Waals surface area contributed by atoms with Crippen LogP contribution in [0.2, 0.25) is 0 Å². The van der Waals surface area contributed by atoms with E-state index in [9.17, 15) is 13.2 Å². The zero-order valence-corrected chi connectivity index (χ0v) is 14.1. The van der Waals surface area contributed by atoms with Crippen LogP contribution in [-0.2, 0) is 19.2 Å². The van der Waals surface area contributed by atoms with Crippen LogP contribution in [0, 0.1) is 0 Å². The molecule has 0 atom stereocenters. The van der Waals surface area contributed by atoms with E-state index in [1.807, 2.05) is 0 Å². The van der Waals surface area contributed by atoms with E-state index in [4.69, 9.17) is 9.02 Å². The van der Waals surface area contributed by atoms with E-state index >= 15 is 0 Å². The fourth-order valence-corrected chi connectivity index (χ4v) is 2.75. The van der Waals surface area contributed by atoms with Gasteiger partial charge in [-0.3, -0.25) is 4.79 Å². The summed E-state index contributed by atoms with van der Waals surface area (Å²) in [5.74, 6) is 0.0956. The van der Waals surface area contributed by atoms with Gasteiger partial charge in [-0.25, -0.2) is 5.06 Å². The van der Waals surface area contributed by atoms with Gasteiger partial charge in [0.25, 0.3) is 5.91 Å². The number of rotatable bonds is 6. The Kier molecular flexibility index (Phi) is 5.73. The molecule has 0 saturated carbocycles. The van der Waals surface area contributed by atoms with Crippen molar-refractivity contribution in [1.29, 1.82) is 0 Å². The predicted octanol–water partition coefficient (Wildman–Crippen LogP) is 2.49. The maximum Gasteiger partial charge on any atom is 0.317 e. The third-order valence-electron chi connectivity index (χ3n) is 3.09. The molecule has 0 aromatic heterocycles. The van der Waals surface area contributed by atoms with Crippen molar-refractivity contribution in [2.75, 3.05) is 14.2 Å². The van der Waals surface area contributed by atoms with Crippen molar-refractivity contribution in [2.24, 2.45) is 0 Å². The zero-order valence-electron chi connectivity index (χ0n) is 13.2. The minimum Gasteiger partial charge on any atom is -0.497 e. The van der Waals surface area contributed by atoms with Gasteiger partial charge in [-0.2, -0.15) is 8.42 Å². The second-order valence-corrected chi connectivity index (χ2v) is 6.31. The Balaban J connectivity index is 2.02. The Bertz CT molecular complexity index is 814. The summed E-state index contributed by atoms with van der Waals surface area (Å²) in [6.45, 7) is 0. The first-order valence-electron chi connectivity index (χ1n) is 7.02. The average molecular weight is 347 g/mol. The van der Waals surface area contributed by atoms with Gasteiger partial charge in [0.1, 0.15) is 5.75 Å². The third kappa shape index (κ3) is 4.68. The van der Waals surface area contributed by atoms with E-state index in [0.29, 0.717) is 10.8 Å². The number of likely N-dealkylation sites (N-methyl/N-ethyl adjacent to an activating group) is 1. The van der Waals surface area contributed by atoms with Crippen LogP contribution in [0.4, 0.5) is 0 Å². The topological polar surface area (TPSA) is 72.9 Å². The summed E-state index contributed by atoms with van der Waals surface area (Å²) in [6.07, 6.45) is 2.78. The largest absolute Gasteiger partial charge is 0.497 e. The van der Waals surface area contributed by atoms with Crippen LogP contribution >= 0.6 is 0 Å². The lowest BCUT2D eigenvalue weighted by Crippen LogP contribution is -2.28.